The molecule has 0 spiro atoms. The SMILES string of the molecule is COc1ccc([C@@H]2CC(c3ccccc3)=NN2C(=O)CN2CCN(Cc3ccccc3)CC2)cc1. The van der Waals surface area contributed by atoms with Crippen molar-refractivity contribution in [2.45, 2.75) is 19.0 Å². The first kappa shape index (κ1) is 23.3. The Morgan fingerprint density at radius 1 is 0.857 bits per heavy atom. The monoisotopic (exact) mass is 468 g/mol. The van der Waals surface area contributed by atoms with E-state index in [0.29, 0.717) is 13.0 Å². The fraction of sp³-hybridized carbons (Fsp3) is 0.310. The van der Waals surface area contributed by atoms with Crippen molar-refractivity contribution in [2.24, 2.45) is 5.10 Å². The highest BCUT2D eigenvalue weighted by molar-refractivity contribution is 6.03. The van der Waals surface area contributed by atoms with Gasteiger partial charge < -0.3 is 4.74 Å². The minimum atomic E-state index is -0.108. The lowest BCUT2D eigenvalue weighted by atomic mass is 9.98. The van der Waals surface area contributed by atoms with E-state index in [4.69, 9.17) is 9.84 Å². The highest BCUT2D eigenvalue weighted by atomic mass is 16.5. The lowest BCUT2D eigenvalue weighted by molar-refractivity contribution is -0.134. The van der Waals surface area contributed by atoms with Gasteiger partial charge in [-0.3, -0.25) is 14.6 Å². The molecular formula is C29H32N4O2. The van der Waals surface area contributed by atoms with Crippen LogP contribution in [0.2, 0.25) is 0 Å². The van der Waals surface area contributed by atoms with Gasteiger partial charge in [0.25, 0.3) is 5.91 Å². The maximum Gasteiger partial charge on any atom is 0.257 e. The molecule has 1 saturated heterocycles. The summed E-state index contributed by atoms with van der Waals surface area (Å²) in [4.78, 5) is 18.2. The second-order valence-electron chi connectivity index (χ2n) is 9.18. The number of carbonyl (C=O) groups is 1. The van der Waals surface area contributed by atoms with E-state index in [2.05, 4.69) is 52.3 Å². The lowest BCUT2D eigenvalue weighted by Gasteiger charge is -2.35. The van der Waals surface area contributed by atoms with Gasteiger partial charge in [0.15, 0.2) is 0 Å². The molecule has 1 amide bonds. The van der Waals surface area contributed by atoms with Crippen molar-refractivity contribution >= 4 is 11.6 Å². The van der Waals surface area contributed by atoms with Gasteiger partial charge in [0.1, 0.15) is 5.75 Å². The molecule has 0 bridgehead atoms. The number of carbonyl (C=O) groups excluding carboxylic acids is 1. The zero-order chi connectivity index (χ0) is 24.0. The molecule has 0 aromatic heterocycles. The first-order valence-electron chi connectivity index (χ1n) is 12.3. The number of hydrogen-bond acceptors (Lipinski definition) is 5. The van der Waals surface area contributed by atoms with E-state index in [-0.39, 0.29) is 11.9 Å². The van der Waals surface area contributed by atoms with Gasteiger partial charge in [0.2, 0.25) is 0 Å². The summed E-state index contributed by atoms with van der Waals surface area (Å²) in [6, 6.07) is 28.6. The third kappa shape index (κ3) is 5.61. The summed E-state index contributed by atoms with van der Waals surface area (Å²) >= 11 is 0. The van der Waals surface area contributed by atoms with Crippen molar-refractivity contribution in [3.63, 3.8) is 0 Å². The Labute approximate surface area is 207 Å². The summed E-state index contributed by atoms with van der Waals surface area (Å²) in [5.41, 5.74) is 4.42. The number of methoxy groups -OCH3 is 1. The second-order valence-corrected chi connectivity index (χ2v) is 9.18. The lowest BCUT2D eigenvalue weighted by Crippen LogP contribution is -2.49. The summed E-state index contributed by atoms with van der Waals surface area (Å²) in [7, 11) is 1.66. The molecule has 35 heavy (non-hydrogen) atoms. The predicted molar refractivity (Wildman–Crippen MR) is 138 cm³/mol. The van der Waals surface area contributed by atoms with Crippen LogP contribution >= 0.6 is 0 Å². The molecule has 1 fully saturated rings. The van der Waals surface area contributed by atoms with Gasteiger partial charge in [-0.1, -0.05) is 72.8 Å². The second kappa shape index (κ2) is 10.8. The normalized spacial score (nSPS) is 18.9. The van der Waals surface area contributed by atoms with Crippen LogP contribution in [0.5, 0.6) is 5.75 Å². The van der Waals surface area contributed by atoms with Crippen LogP contribution in [0.15, 0.2) is 90.0 Å². The summed E-state index contributed by atoms with van der Waals surface area (Å²) < 4.78 is 5.32. The van der Waals surface area contributed by atoms with E-state index in [1.54, 1.807) is 12.1 Å². The largest absolute Gasteiger partial charge is 0.497 e. The number of piperazine rings is 1. The quantitative estimate of drug-likeness (QED) is 0.522. The third-order valence-electron chi connectivity index (χ3n) is 6.85. The zero-order valence-electron chi connectivity index (χ0n) is 20.2. The first-order chi connectivity index (χ1) is 17.2. The van der Waals surface area contributed by atoms with E-state index < -0.39 is 0 Å². The van der Waals surface area contributed by atoms with Crippen LogP contribution in [-0.4, -0.2) is 66.3 Å². The number of hydrogen-bond donors (Lipinski definition) is 0. The van der Waals surface area contributed by atoms with Gasteiger partial charge in [0.05, 0.1) is 25.4 Å². The topological polar surface area (TPSA) is 48.4 Å². The van der Waals surface area contributed by atoms with E-state index in [1.807, 2.05) is 42.5 Å². The zero-order valence-corrected chi connectivity index (χ0v) is 20.2. The predicted octanol–water partition coefficient (Wildman–Crippen LogP) is 4.19. The van der Waals surface area contributed by atoms with E-state index in [9.17, 15) is 4.79 Å². The van der Waals surface area contributed by atoms with Crippen LogP contribution in [0.25, 0.3) is 0 Å². The van der Waals surface area contributed by atoms with E-state index in [0.717, 1.165) is 55.3 Å². The number of amides is 1. The van der Waals surface area contributed by atoms with Crippen molar-refractivity contribution in [3.05, 3.63) is 102 Å². The van der Waals surface area contributed by atoms with Crippen LogP contribution in [0.1, 0.15) is 29.2 Å². The highest BCUT2D eigenvalue weighted by Gasteiger charge is 2.34. The third-order valence-corrected chi connectivity index (χ3v) is 6.85. The van der Waals surface area contributed by atoms with Crippen LogP contribution in [0, 0.1) is 0 Å². The molecule has 0 saturated carbocycles. The number of ether oxygens (including phenoxy) is 1. The summed E-state index contributed by atoms with van der Waals surface area (Å²) in [5, 5.41) is 6.54. The van der Waals surface area contributed by atoms with Crippen LogP contribution in [-0.2, 0) is 11.3 Å². The molecule has 0 N–H and O–H groups in total. The van der Waals surface area contributed by atoms with Gasteiger partial charge in [-0.2, -0.15) is 5.10 Å². The Morgan fingerprint density at radius 3 is 2.14 bits per heavy atom. The van der Waals surface area contributed by atoms with Crippen molar-refractivity contribution in [2.75, 3.05) is 39.8 Å². The average molecular weight is 469 g/mol. The summed E-state index contributed by atoms with van der Waals surface area (Å²) in [6.07, 6.45) is 0.701. The summed E-state index contributed by atoms with van der Waals surface area (Å²) in [5.74, 6) is 0.857. The Hall–Kier alpha value is -3.48. The van der Waals surface area contributed by atoms with Crippen molar-refractivity contribution in [3.8, 4) is 5.75 Å². The Morgan fingerprint density at radius 2 is 1.49 bits per heavy atom. The van der Waals surface area contributed by atoms with Crippen molar-refractivity contribution < 1.29 is 9.53 Å². The van der Waals surface area contributed by atoms with Gasteiger partial charge in [0, 0.05) is 39.1 Å². The summed E-state index contributed by atoms with van der Waals surface area (Å²) in [6.45, 7) is 5.03. The molecule has 5 rings (SSSR count). The molecule has 1 atom stereocenters. The van der Waals surface area contributed by atoms with Crippen LogP contribution < -0.4 is 4.74 Å². The minimum absolute atomic E-state index is 0.0493. The molecule has 6 nitrogen and oxygen atoms in total. The van der Waals surface area contributed by atoms with Gasteiger partial charge >= 0.3 is 0 Å². The molecule has 0 radical (unpaired) electrons. The molecule has 3 aromatic rings. The van der Waals surface area contributed by atoms with E-state index >= 15 is 0 Å². The van der Waals surface area contributed by atoms with Crippen molar-refractivity contribution in [1.29, 1.82) is 0 Å². The standard InChI is InChI=1S/C29H32N4O2/c1-35-26-14-12-25(13-15-26)28-20-27(24-10-6-3-7-11-24)30-33(28)29(34)22-32-18-16-31(17-19-32)21-23-8-4-2-5-9-23/h2-15,28H,16-22H2,1H3/t28-/m0/s1. The van der Waals surface area contributed by atoms with Gasteiger partial charge in [-0.25, -0.2) is 5.01 Å². The first-order valence-corrected chi connectivity index (χ1v) is 12.3. The number of rotatable bonds is 7. The smallest absolute Gasteiger partial charge is 0.257 e. The van der Waals surface area contributed by atoms with E-state index in [1.165, 1.54) is 5.56 Å². The van der Waals surface area contributed by atoms with Crippen molar-refractivity contribution in [1.82, 2.24) is 14.8 Å². The molecule has 0 aliphatic carbocycles. The number of hydrazone groups is 1. The maximum absolute atomic E-state index is 13.5. The molecule has 6 heteroatoms. The Kier molecular flexibility index (Phi) is 7.21. The molecular weight excluding hydrogens is 436 g/mol. The Bertz CT molecular complexity index is 1140. The number of nitrogens with zero attached hydrogens (tertiary/aromatic N) is 4. The average Bonchev–Trinajstić information content (AvgIpc) is 3.37. The Balaban J connectivity index is 1.26. The molecule has 2 aliphatic heterocycles. The number of benzene rings is 3. The highest BCUT2D eigenvalue weighted by Crippen LogP contribution is 2.33. The molecule has 3 aromatic carbocycles. The maximum atomic E-state index is 13.5. The van der Waals surface area contributed by atoms with Crippen LogP contribution in [0.3, 0.4) is 0 Å². The van der Waals surface area contributed by atoms with Gasteiger partial charge in [-0.05, 0) is 28.8 Å². The molecule has 0 unspecified atom stereocenters. The molecule has 2 aliphatic rings. The molecule has 180 valence electrons. The minimum Gasteiger partial charge on any atom is -0.497 e. The molecule has 2 heterocycles. The van der Waals surface area contributed by atoms with Crippen LogP contribution in [0.4, 0.5) is 0 Å². The van der Waals surface area contributed by atoms with Gasteiger partial charge in [-0.15, -0.1) is 0 Å². The fourth-order valence-electron chi connectivity index (χ4n) is 4.84. The fourth-order valence-corrected chi connectivity index (χ4v) is 4.84.